The van der Waals surface area contributed by atoms with E-state index in [2.05, 4.69) is 34.9 Å². The van der Waals surface area contributed by atoms with E-state index in [9.17, 15) is 14.4 Å². The van der Waals surface area contributed by atoms with E-state index in [1.165, 1.54) is 0 Å². The van der Waals surface area contributed by atoms with Crippen LogP contribution in [0.5, 0.6) is 0 Å². The van der Waals surface area contributed by atoms with Crippen LogP contribution in [0.4, 0.5) is 4.79 Å². The second-order valence-corrected chi connectivity index (χ2v) is 8.59. The summed E-state index contributed by atoms with van der Waals surface area (Å²) in [7, 11) is 0. The monoisotopic (exact) mass is 438 g/mol. The highest BCUT2D eigenvalue weighted by Gasteiger charge is 2.29. The van der Waals surface area contributed by atoms with Crippen LogP contribution in [0.2, 0.25) is 0 Å². The second kappa shape index (κ2) is 10.3. The van der Waals surface area contributed by atoms with Gasteiger partial charge in [-0.3, -0.25) is 9.59 Å². The molecule has 0 heterocycles. The van der Waals surface area contributed by atoms with Gasteiger partial charge in [0.15, 0.2) is 0 Å². The Hall–Kier alpha value is -3.35. The maximum atomic E-state index is 12.3. The van der Waals surface area contributed by atoms with Gasteiger partial charge in [-0.25, -0.2) is 4.79 Å². The molecule has 170 valence electrons. The Kier molecular flexibility index (Phi) is 7.51. The molecule has 0 aliphatic heterocycles. The van der Waals surface area contributed by atoms with Crippen LogP contribution in [0.15, 0.2) is 48.5 Å². The molecule has 2 amide bonds. The number of alkyl carbamates (subject to hydrolysis) is 1. The molecule has 0 saturated carbocycles. The van der Waals surface area contributed by atoms with Crippen LogP contribution in [0.1, 0.15) is 50.7 Å². The van der Waals surface area contributed by atoms with Gasteiger partial charge in [-0.05, 0) is 35.1 Å². The van der Waals surface area contributed by atoms with E-state index in [4.69, 9.17) is 9.84 Å². The molecule has 1 aliphatic carbocycles. The van der Waals surface area contributed by atoms with Crippen molar-refractivity contribution in [3.63, 3.8) is 0 Å². The first-order valence-electron chi connectivity index (χ1n) is 10.9. The first kappa shape index (κ1) is 23.3. The van der Waals surface area contributed by atoms with E-state index in [1.54, 1.807) is 6.92 Å². The van der Waals surface area contributed by atoms with Gasteiger partial charge in [-0.15, -0.1) is 0 Å². The zero-order valence-electron chi connectivity index (χ0n) is 18.6. The van der Waals surface area contributed by atoms with Crippen molar-refractivity contribution in [2.45, 2.75) is 51.6 Å². The van der Waals surface area contributed by atoms with Gasteiger partial charge < -0.3 is 20.5 Å². The average molecular weight is 439 g/mol. The van der Waals surface area contributed by atoms with Gasteiger partial charge in [-0.1, -0.05) is 62.4 Å². The van der Waals surface area contributed by atoms with E-state index in [-0.39, 0.29) is 37.2 Å². The highest BCUT2D eigenvalue weighted by Crippen LogP contribution is 2.44. The Morgan fingerprint density at radius 3 is 2.00 bits per heavy atom. The maximum absolute atomic E-state index is 12.3. The average Bonchev–Trinajstić information content (AvgIpc) is 3.05. The Morgan fingerprint density at radius 1 is 0.906 bits per heavy atom. The number of aliphatic carboxylic acids is 1. The first-order valence-corrected chi connectivity index (χ1v) is 10.9. The summed E-state index contributed by atoms with van der Waals surface area (Å²) >= 11 is 0. The largest absolute Gasteiger partial charge is 0.481 e. The minimum absolute atomic E-state index is 0.0135. The van der Waals surface area contributed by atoms with Crippen molar-refractivity contribution in [3.8, 4) is 11.1 Å². The number of ether oxygens (including phenoxy) is 1. The van der Waals surface area contributed by atoms with E-state index < -0.39 is 24.1 Å². The van der Waals surface area contributed by atoms with Gasteiger partial charge in [-0.2, -0.15) is 0 Å². The molecule has 3 rings (SSSR count). The Morgan fingerprint density at radius 2 is 1.47 bits per heavy atom. The number of hydrogen-bond acceptors (Lipinski definition) is 4. The Labute approximate surface area is 188 Å². The summed E-state index contributed by atoms with van der Waals surface area (Å²) in [5.41, 5.74) is 4.57. The van der Waals surface area contributed by atoms with Crippen molar-refractivity contribution in [1.82, 2.24) is 10.6 Å². The summed E-state index contributed by atoms with van der Waals surface area (Å²) in [6.07, 6.45) is -0.692. The fraction of sp³-hybridized carbons (Fsp3) is 0.400. The van der Waals surface area contributed by atoms with Gasteiger partial charge in [0, 0.05) is 24.4 Å². The molecule has 0 bridgehead atoms. The molecule has 0 spiro atoms. The predicted molar refractivity (Wildman–Crippen MR) is 121 cm³/mol. The molecule has 0 radical (unpaired) electrons. The summed E-state index contributed by atoms with van der Waals surface area (Å²) in [6.45, 7) is 5.62. The van der Waals surface area contributed by atoms with Crippen molar-refractivity contribution >= 4 is 18.0 Å². The number of hydrogen-bond donors (Lipinski definition) is 3. The number of rotatable bonds is 9. The number of benzene rings is 2. The highest BCUT2D eigenvalue weighted by molar-refractivity contribution is 5.80. The molecule has 32 heavy (non-hydrogen) atoms. The van der Waals surface area contributed by atoms with Crippen molar-refractivity contribution in [2.24, 2.45) is 5.92 Å². The van der Waals surface area contributed by atoms with Crippen molar-refractivity contribution in [1.29, 1.82) is 0 Å². The summed E-state index contributed by atoms with van der Waals surface area (Å²) in [4.78, 5) is 35.6. The molecule has 0 fully saturated rings. The minimum atomic E-state index is -0.964. The summed E-state index contributed by atoms with van der Waals surface area (Å²) in [5, 5.41) is 14.4. The topological polar surface area (TPSA) is 105 Å². The van der Waals surface area contributed by atoms with Gasteiger partial charge in [0.25, 0.3) is 0 Å². The van der Waals surface area contributed by atoms with E-state index >= 15 is 0 Å². The van der Waals surface area contributed by atoms with Crippen LogP contribution >= 0.6 is 0 Å². The highest BCUT2D eigenvalue weighted by atomic mass is 16.5. The van der Waals surface area contributed by atoms with Crippen molar-refractivity contribution in [3.05, 3.63) is 59.7 Å². The number of carboxylic acid groups (broad SMARTS) is 1. The third-order valence-electron chi connectivity index (χ3n) is 5.75. The van der Waals surface area contributed by atoms with Crippen LogP contribution < -0.4 is 10.6 Å². The first-order chi connectivity index (χ1) is 15.3. The van der Waals surface area contributed by atoms with Gasteiger partial charge in [0.1, 0.15) is 6.61 Å². The smallest absolute Gasteiger partial charge is 0.407 e. The fourth-order valence-corrected chi connectivity index (χ4v) is 4.08. The van der Waals surface area contributed by atoms with Crippen molar-refractivity contribution in [2.75, 3.05) is 6.61 Å². The van der Waals surface area contributed by atoms with Gasteiger partial charge in [0.05, 0.1) is 6.42 Å². The molecule has 7 nitrogen and oxygen atoms in total. The van der Waals surface area contributed by atoms with E-state index in [0.717, 1.165) is 22.3 Å². The second-order valence-electron chi connectivity index (χ2n) is 8.59. The van der Waals surface area contributed by atoms with Crippen LogP contribution in [0.3, 0.4) is 0 Å². The van der Waals surface area contributed by atoms with Crippen LogP contribution in [-0.4, -0.2) is 41.8 Å². The molecule has 2 atom stereocenters. The fourth-order valence-electron chi connectivity index (χ4n) is 4.08. The molecule has 1 unspecified atom stereocenters. The quantitative estimate of drug-likeness (QED) is 0.550. The predicted octanol–water partition coefficient (Wildman–Crippen LogP) is 3.92. The maximum Gasteiger partial charge on any atom is 0.407 e. The minimum Gasteiger partial charge on any atom is -0.481 e. The Balaban J connectivity index is 1.52. The van der Waals surface area contributed by atoms with Crippen LogP contribution in [0, 0.1) is 5.92 Å². The molecule has 0 saturated heterocycles. The molecule has 0 aromatic heterocycles. The third kappa shape index (κ3) is 5.66. The molecule has 2 aromatic carbocycles. The van der Waals surface area contributed by atoms with Crippen molar-refractivity contribution < 1.29 is 24.2 Å². The standard InChI is InChI=1S/C25H30N2O5/c1-15(2)22(13-24(29)30)27-23(28)12-16(3)26-25(31)32-14-21-19-10-6-4-8-17(19)18-9-5-7-11-20(18)21/h4-11,15-16,21-22H,12-14H2,1-3H3,(H,26,31)(H,27,28)(H,29,30)/t16?,22-/m1/s1. The van der Waals surface area contributed by atoms with Gasteiger partial charge >= 0.3 is 12.1 Å². The van der Waals surface area contributed by atoms with Gasteiger partial charge in [0.2, 0.25) is 5.91 Å². The summed E-state index contributed by atoms with van der Waals surface area (Å²) in [6, 6.07) is 15.3. The SMILES string of the molecule is CC(CC(=O)N[C@H](CC(=O)O)C(C)C)NC(=O)OCC1c2ccccc2-c2ccccc21. The molecule has 3 N–H and O–H groups in total. The van der Waals surface area contributed by atoms with E-state index in [0.29, 0.717) is 0 Å². The zero-order chi connectivity index (χ0) is 23.3. The molecular weight excluding hydrogens is 408 g/mol. The number of nitrogens with one attached hydrogen (secondary N) is 2. The lowest BCUT2D eigenvalue weighted by molar-refractivity contribution is -0.138. The Bertz CT molecular complexity index is 942. The molecule has 1 aliphatic rings. The number of carbonyl (C=O) groups is 3. The summed E-state index contributed by atoms with van der Waals surface area (Å²) in [5.74, 6) is -1.32. The molecule has 2 aromatic rings. The molecule has 7 heteroatoms. The normalized spacial score (nSPS) is 14.2. The number of carboxylic acids is 1. The third-order valence-corrected chi connectivity index (χ3v) is 5.75. The molecular formula is C25H30N2O5. The van der Waals surface area contributed by atoms with Crippen LogP contribution in [0.25, 0.3) is 11.1 Å². The number of fused-ring (bicyclic) bond motifs is 3. The van der Waals surface area contributed by atoms with E-state index in [1.807, 2.05) is 38.1 Å². The lowest BCUT2D eigenvalue weighted by Crippen LogP contribution is -2.43. The lowest BCUT2D eigenvalue weighted by Gasteiger charge is -2.22. The van der Waals surface area contributed by atoms with Crippen LogP contribution in [-0.2, 0) is 14.3 Å². The lowest BCUT2D eigenvalue weighted by atomic mass is 9.98. The zero-order valence-corrected chi connectivity index (χ0v) is 18.6. The number of carbonyl (C=O) groups excluding carboxylic acids is 2. The number of amides is 2. The summed E-state index contributed by atoms with van der Waals surface area (Å²) < 4.78 is 5.50.